The van der Waals surface area contributed by atoms with E-state index in [4.69, 9.17) is 17.3 Å². The second-order valence-corrected chi connectivity index (χ2v) is 4.85. The number of amides is 1. The van der Waals surface area contributed by atoms with Gasteiger partial charge in [-0.15, -0.1) is 0 Å². The number of halogens is 1. The Morgan fingerprint density at radius 1 is 1.47 bits per heavy atom. The SMILES string of the molecule is CC(C)CC(=O)N(CCN)c1cccc(Cl)c1. The van der Waals surface area contributed by atoms with Crippen molar-refractivity contribution in [2.45, 2.75) is 20.3 Å². The number of anilines is 1. The molecule has 0 saturated heterocycles. The number of hydrogen-bond acceptors (Lipinski definition) is 2. The van der Waals surface area contributed by atoms with E-state index in [0.29, 0.717) is 30.5 Å². The minimum Gasteiger partial charge on any atom is -0.329 e. The fraction of sp³-hybridized carbons (Fsp3) is 0.462. The van der Waals surface area contributed by atoms with Crippen molar-refractivity contribution < 1.29 is 4.79 Å². The van der Waals surface area contributed by atoms with E-state index in [2.05, 4.69) is 0 Å². The van der Waals surface area contributed by atoms with Gasteiger partial charge >= 0.3 is 0 Å². The molecule has 0 spiro atoms. The summed E-state index contributed by atoms with van der Waals surface area (Å²) in [7, 11) is 0. The summed E-state index contributed by atoms with van der Waals surface area (Å²) >= 11 is 5.93. The summed E-state index contributed by atoms with van der Waals surface area (Å²) in [6, 6.07) is 7.29. The molecule has 1 rings (SSSR count). The lowest BCUT2D eigenvalue weighted by atomic mass is 10.1. The van der Waals surface area contributed by atoms with E-state index in [0.717, 1.165) is 5.69 Å². The number of hydrogen-bond donors (Lipinski definition) is 1. The Bertz CT molecular complexity index is 379. The zero-order valence-electron chi connectivity index (χ0n) is 10.3. The monoisotopic (exact) mass is 254 g/mol. The number of carbonyl (C=O) groups is 1. The third-order valence-electron chi connectivity index (χ3n) is 2.36. The van der Waals surface area contributed by atoms with Crippen LogP contribution in [0.25, 0.3) is 0 Å². The summed E-state index contributed by atoms with van der Waals surface area (Å²) in [5.74, 6) is 0.426. The number of rotatable bonds is 5. The molecule has 1 aromatic rings. The molecule has 0 bridgehead atoms. The molecular weight excluding hydrogens is 236 g/mol. The predicted molar refractivity (Wildman–Crippen MR) is 72.3 cm³/mol. The van der Waals surface area contributed by atoms with Crippen molar-refractivity contribution in [3.8, 4) is 0 Å². The topological polar surface area (TPSA) is 46.3 Å². The van der Waals surface area contributed by atoms with Gasteiger partial charge in [0.2, 0.25) is 5.91 Å². The van der Waals surface area contributed by atoms with Crippen LogP contribution in [0.3, 0.4) is 0 Å². The molecule has 0 saturated carbocycles. The molecule has 0 aliphatic carbocycles. The highest BCUT2D eigenvalue weighted by molar-refractivity contribution is 6.30. The van der Waals surface area contributed by atoms with Crippen LogP contribution in [-0.4, -0.2) is 19.0 Å². The number of benzene rings is 1. The van der Waals surface area contributed by atoms with Gasteiger partial charge in [-0.3, -0.25) is 4.79 Å². The van der Waals surface area contributed by atoms with Crippen molar-refractivity contribution in [2.75, 3.05) is 18.0 Å². The Balaban J connectivity index is 2.88. The first-order valence-electron chi connectivity index (χ1n) is 5.80. The van der Waals surface area contributed by atoms with E-state index in [1.807, 2.05) is 26.0 Å². The molecule has 17 heavy (non-hydrogen) atoms. The summed E-state index contributed by atoms with van der Waals surface area (Å²) in [6.07, 6.45) is 0.520. The Kier molecular flexibility index (Phi) is 5.45. The predicted octanol–water partition coefficient (Wildman–Crippen LogP) is 2.68. The molecule has 0 heterocycles. The largest absolute Gasteiger partial charge is 0.329 e. The van der Waals surface area contributed by atoms with Gasteiger partial charge in [0.1, 0.15) is 0 Å². The van der Waals surface area contributed by atoms with Crippen LogP contribution in [0, 0.1) is 5.92 Å². The number of nitrogens with two attached hydrogens (primary N) is 1. The molecule has 2 N–H and O–H groups in total. The van der Waals surface area contributed by atoms with Crippen molar-refractivity contribution in [2.24, 2.45) is 11.7 Å². The average Bonchev–Trinajstić information content (AvgIpc) is 2.24. The van der Waals surface area contributed by atoms with Crippen molar-refractivity contribution in [1.82, 2.24) is 0 Å². The molecule has 1 amide bonds. The molecule has 0 aromatic heterocycles. The second-order valence-electron chi connectivity index (χ2n) is 4.41. The first kappa shape index (κ1) is 14.0. The Labute approximate surface area is 108 Å². The van der Waals surface area contributed by atoms with Crippen LogP contribution in [0.4, 0.5) is 5.69 Å². The van der Waals surface area contributed by atoms with Crippen molar-refractivity contribution >= 4 is 23.2 Å². The van der Waals surface area contributed by atoms with Crippen molar-refractivity contribution in [1.29, 1.82) is 0 Å². The highest BCUT2D eigenvalue weighted by atomic mass is 35.5. The molecule has 0 fully saturated rings. The fourth-order valence-corrected chi connectivity index (χ4v) is 1.81. The van der Waals surface area contributed by atoms with Crippen LogP contribution in [0.5, 0.6) is 0 Å². The fourth-order valence-electron chi connectivity index (χ4n) is 1.63. The summed E-state index contributed by atoms with van der Waals surface area (Å²) in [5, 5.41) is 0.627. The summed E-state index contributed by atoms with van der Waals surface area (Å²) in [6.45, 7) is 5.01. The first-order chi connectivity index (χ1) is 8.04. The van der Waals surface area contributed by atoms with Gasteiger partial charge in [0.15, 0.2) is 0 Å². The van der Waals surface area contributed by atoms with Gasteiger partial charge in [0.05, 0.1) is 0 Å². The van der Waals surface area contributed by atoms with E-state index < -0.39 is 0 Å². The molecule has 94 valence electrons. The number of carbonyl (C=O) groups excluding carboxylic acids is 1. The van der Waals surface area contributed by atoms with Crippen LogP contribution in [0.2, 0.25) is 5.02 Å². The normalized spacial score (nSPS) is 10.6. The minimum atomic E-state index is 0.0905. The van der Waals surface area contributed by atoms with Gasteiger partial charge in [-0.25, -0.2) is 0 Å². The molecule has 4 heteroatoms. The lowest BCUT2D eigenvalue weighted by molar-refractivity contribution is -0.119. The Hall–Kier alpha value is -1.06. The average molecular weight is 255 g/mol. The zero-order valence-corrected chi connectivity index (χ0v) is 11.1. The lowest BCUT2D eigenvalue weighted by Crippen LogP contribution is -2.36. The van der Waals surface area contributed by atoms with Crippen molar-refractivity contribution in [3.63, 3.8) is 0 Å². The maximum absolute atomic E-state index is 12.1. The maximum atomic E-state index is 12.1. The molecule has 0 radical (unpaired) electrons. The highest BCUT2D eigenvalue weighted by Gasteiger charge is 2.16. The zero-order chi connectivity index (χ0) is 12.8. The van der Waals surface area contributed by atoms with E-state index in [1.165, 1.54) is 0 Å². The molecular formula is C13H19ClN2O. The Morgan fingerprint density at radius 3 is 2.71 bits per heavy atom. The van der Waals surface area contributed by atoms with E-state index in [1.54, 1.807) is 17.0 Å². The Morgan fingerprint density at radius 2 is 2.18 bits per heavy atom. The maximum Gasteiger partial charge on any atom is 0.227 e. The molecule has 0 aliphatic rings. The summed E-state index contributed by atoms with van der Waals surface area (Å²) in [5.41, 5.74) is 6.36. The van der Waals surface area contributed by atoms with Crippen LogP contribution in [0.1, 0.15) is 20.3 Å². The van der Waals surface area contributed by atoms with Gasteiger partial charge in [-0.1, -0.05) is 31.5 Å². The van der Waals surface area contributed by atoms with Crippen LogP contribution in [-0.2, 0) is 4.79 Å². The molecule has 0 unspecified atom stereocenters. The van der Waals surface area contributed by atoms with E-state index in [-0.39, 0.29) is 5.91 Å². The standard InChI is InChI=1S/C13H19ClN2O/c1-10(2)8-13(17)16(7-6-15)12-5-3-4-11(14)9-12/h3-5,9-10H,6-8,15H2,1-2H3. The number of nitrogens with zero attached hydrogens (tertiary/aromatic N) is 1. The molecule has 0 atom stereocenters. The van der Waals surface area contributed by atoms with Gasteiger partial charge in [-0.2, -0.15) is 0 Å². The minimum absolute atomic E-state index is 0.0905. The van der Waals surface area contributed by atoms with Gasteiger partial charge < -0.3 is 10.6 Å². The van der Waals surface area contributed by atoms with Crippen LogP contribution < -0.4 is 10.6 Å². The third kappa shape index (κ3) is 4.36. The first-order valence-corrected chi connectivity index (χ1v) is 6.18. The van der Waals surface area contributed by atoms with E-state index >= 15 is 0 Å². The quantitative estimate of drug-likeness (QED) is 0.878. The lowest BCUT2D eigenvalue weighted by Gasteiger charge is -2.23. The van der Waals surface area contributed by atoms with Crippen LogP contribution in [0.15, 0.2) is 24.3 Å². The van der Waals surface area contributed by atoms with E-state index in [9.17, 15) is 4.79 Å². The smallest absolute Gasteiger partial charge is 0.227 e. The second kappa shape index (κ2) is 6.62. The molecule has 3 nitrogen and oxygen atoms in total. The van der Waals surface area contributed by atoms with Crippen LogP contribution >= 0.6 is 11.6 Å². The highest BCUT2D eigenvalue weighted by Crippen LogP contribution is 2.20. The van der Waals surface area contributed by atoms with Crippen molar-refractivity contribution in [3.05, 3.63) is 29.3 Å². The molecule has 0 aliphatic heterocycles. The molecule has 1 aromatic carbocycles. The summed E-state index contributed by atoms with van der Waals surface area (Å²) in [4.78, 5) is 13.8. The third-order valence-corrected chi connectivity index (χ3v) is 2.59. The van der Waals surface area contributed by atoms with Gasteiger partial charge in [-0.05, 0) is 24.1 Å². The van der Waals surface area contributed by atoms with Gasteiger partial charge in [0.25, 0.3) is 0 Å². The van der Waals surface area contributed by atoms with Gasteiger partial charge in [0, 0.05) is 30.2 Å². The summed E-state index contributed by atoms with van der Waals surface area (Å²) < 4.78 is 0.